The van der Waals surface area contributed by atoms with E-state index in [2.05, 4.69) is 5.10 Å². The number of nitrogens with zero attached hydrogens (tertiary/aromatic N) is 3. The molecule has 2 heterocycles. The van der Waals surface area contributed by atoms with E-state index in [-0.39, 0.29) is 24.2 Å². The quantitative estimate of drug-likeness (QED) is 0.712. The minimum absolute atomic E-state index is 0.105. The molecular weight excluding hydrogens is 274 g/mol. The molecule has 2 aliphatic heterocycles. The molecule has 2 aliphatic rings. The summed E-state index contributed by atoms with van der Waals surface area (Å²) in [5.74, 6) is -0.717. The number of esters is 1. The zero-order valence-electron chi connectivity index (χ0n) is 12.5. The number of hydrazone groups is 1. The Balaban J connectivity index is 2.13. The van der Waals surface area contributed by atoms with E-state index in [1.54, 1.807) is 11.8 Å². The summed E-state index contributed by atoms with van der Waals surface area (Å²) in [6.45, 7) is 2.58. The summed E-state index contributed by atoms with van der Waals surface area (Å²) in [5.41, 5.74) is 0.341. The molecule has 0 aliphatic carbocycles. The van der Waals surface area contributed by atoms with Gasteiger partial charge in [-0.1, -0.05) is 0 Å². The molecule has 2 amide bonds. The summed E-state index contributed by atoms with van der Waals surface area (Å²) in [6.07, 6.45) is 2.99. The minimum atomic E-state index is -0.531. The van der Waals surface area contributed by atoms with Crippen LogP contribution in [0.5, 0.6) is 0 Å². The highest BCUT2D eigenvalue weighted by Crippen LogP contribution is 2.20. The number of amides is 2. The van der Waals surface area contributed by atoms with Crippen LogP contribution >= 0.6 is 0 Å². The number of rotatable bonds is 3. The molecule has 7 heteroatoms. The van der Waals surface area contributed by atoms with Crippen LogP contribution in [-0.2, 0) is 19.1 Å². The summed E-state index contributed by atoms with van der Waals surface area (Å²) in [6, 6.07) is -0.531. The Hall–Kier alpha value is -1.92. The van der Waals surface area contributed by atoms with Gasteiger partial charge in [0.1, 0.15) is 11.8 Å². The molecule has 1 fully saturated rings. The van der Waals surface area contributed by atoms with Crippen LogP contribution in [0.25, 0.3) is 0 Å². The number of carbonyl (C=O) groups excluding carboxylic acids is 3. The van der Waals surface area contributed by atoms with Crippen molar-refractivity contribution in [2.45, 2.75) is 45.1 Å². The van der Waals surface area contributed by atoms with Crippen LogP contribution in [0.1, 0.15) is 39.0 Å². The second kappa shape index (κ2) is 6.69. The highest BCUT2D eigenvalue weighted by Gasteiger charge is 2.36. The first-order chi connectivity index (χ1) is 10.0. The molecule has 0 aromatic rings. The average Bonchev–Trinajstić information content (AvgIpc) is 2.49. The third kappa shape index (κ3) is 3.40. The van der Waals surface area contributed by atoms with Crippen molar-refractivity contribution in [2.75, 3.05) is 20.2 Å². The molecule has 2 rings (SSSR count). The highest BCUT2D eigenvalue weighted by atomic mass is 16.5. The van der Waals surface area contributed by atoms with Gasteiger partial charge in [0.05, 0.1) is 6.61 Å². The van der Waals surface area contributed by atoms with Crippen molar-refractivity contribution >= 4 is 23.5 Å². The lowest BCUT2D eigenvalue weighted by atomic mass is 10.0. The standard InChI is InChI=1S/C14H21N3O4/c1-3-21-14(20)11-6-4-5-9-17(11)13(19)10-7-8-12(18)16(2)15-10/h11H,3-9H2,1-2H3. The number of ether oxygens (including phenoxy) is 1. The third-order valence-electron chi connectivity index (χ3n) is 3.78. The Morgan fingerprint density at radius 1 is 1.33 bits per heavy atom. The van der Waals surface area contributed by atoms with E-state index in [1.165, 1.54) is 12.1 Å². The maximum absolute atomic E-state index is 12.6. The van der Waals surface area contributed by atoms with Crippen LogP contribution in [-0.4, -0.2) is 59.6 Å². The van der Waals surface area contributed by atoms with E-state index in [0.717, 1.165) is 12.8 Å². The lowest BCUT2D eigenvalue weighted by Crippen LogP contribution is -2.51. The summed E-state index contributed by atoms with van der Waals surface area (Å²) in [5, 5.41) is 5.23. The van der Waals surface area contributed by atoms with E-state index < -0.39 is 6.04 Å². The average molecular weight is 295 g/mol. The predicted molar refractivity (Wildman–Crippen MR) is 75.4 cm³/mol. The van der Waals surface area contributed by atoms with Crippen molar-refractivity contribution in [1.29, 1.82) is 0 Å². The first kappa shape index (κ1) is 15.5. The van der Waals surface area contributed by atoms with Gasteiger partial charge in [0.2, 0.25) is 5.91 Å². The van der Waals surface area contributed by atoms with Crippen molar-refractivity contribution in [1.82, 2.24) is 9.91 Å². The molecule has 21 heavy (non-hydrogen) atoms. The molecule has 1 atom stereocenters. The lowest BCUT2D eigenvalue weighted by Gasteiger charge is -2.34. The zero-order valence-corrected chi connectivity index (χ0v) is 12.5. The van der Waals surface area contributed by atoms with Gasteiger partial charge in [-0.05, 0) is 26.2 Å². The Morgan fingerprint density at radius 3 is 2.76 bits per heavy atom. The number of piperidine rings is 1. The molecule has 0 aromatic heterocycles. The van der Waals surface area contributed by atoms with Crippen LogP contribution in [0.2, 0.25) is 0 Å². The largest absolute Gasteiger partial charge is 0.464 e. The van der Waals surface area contributed by atoms with Crippen LogP contribution < -0.4 is 0 Å². The van der Waals surface area contributed by atoms with Crippen molar-refractivity contribution in [3.8, 4) is 0 Å². The topological polar surface area (TPSA) is 79.3 Å². The Morgan fingerprint density at radius 2 is 2.10 bits per heavy atom. The van der Waals surface area contributed by atoms with E-state index in [0.29, 0.717) is 31.7 Å². The molecular formula is C14H21N3O4. The Kier molecular flexibility index (Phi) is 4.93. The molecule has 0 radical (unpaired) electrons. The van der Waals surface area contributed by atoms with Gasteiger partial charge in [0.25, 0.3) is 5.91 Å². The molecule has 1 unspecified atom stereocenters. The van der Waals surface area contributed by atoms with Crippen molar-refractivity contribution in [2.24, 2.45) is 5.10 Å². The van der Waals surface area contributed by atoms with Crippen LogP contribution in [0.3, 0.4) is 0 Å². The minimum Gasteiger partial charge on any atom is -0.464 e. The molecule has 0 N–H and O–H groups in total. The fourth-order valence-electron chi connectivity index (χ4n) is 2.65. The smallest absolute Gasteiger partial charge is 0.328 e. The van der Waals surface area contributed by atoms with Gasteiger partial charge >= 0.3 is 5.97 Å². The predicted octanol–water partition coefficient (Wildman–Crippen LogP) is 0.539. The SMILES string of the molecule is CCOC(=O)C1CCCCN1C(=O)C1=NN(C)C(=O)CC1. The molecule has 0 bridgehead atoms. The van der Waals surface area contributed by atoms with Gasteiger partial charge < -0.3 is 9.64 Å². The zero-order chi connectivity index (χ0) is 15.4. The molecule has 116 valence electrons. The molecule has 0 spiro atoms. The van der Waals surface area contributed by atoms with E-state index in [4.69, 9.17) is 4.74 Å². The number of likely N-dealkylation sites (tertiary alicyclic amines) is 1. The number of hydrogen-bond donors (Lipinski definition) is 0. The van der Waals surface area contributed by atoms with Crippen LogP contribution in [0, 0.1) is 0 Å². The van der Waals surface area contributed by atoms with Crippen LogP contribution in [0.15, 0.2) is 5.10 Å². The number of carbonyl (C=O) groups is 3. The van der Waals surface area contributed by atoms with Crippen molar-refractivity contribution < 1.29 is 19.1 Å². The maximum atomic E-state index is 12.6. The van der Waals surface area contributed by atoms with E-state index in [1.807, 2.05) is 0 Å². The van der Waals surface area contributed by atoms with Gasteiger partial charge in [-0.3, -0.25) is 9.59 Å². The first-order valence-electron chi connectivity index (χ1n) is 7.36. The summed E-state index contributed by atoms with van der Waals surface area (Å²) in [4.78, 5) is 37.5. The van der Waals surface area contributed by atoms with Gasteiger partial charge in [0, 0.05) is 26.4 Å². The van der Waals surface area contributed by atoms with Gasteiger partial charge in [0.15, 0.2) is 0 Å². The summed E-state index contributed by atoms with van der Waals surface area (Å²) >= 11 is 0. The molecule has 7 nitrogen and oxygen atoms in total. The molecule has 0 saturated carbocycles. The Bertz CT molecular complexity index is 475. The fourth-order valence-corrected chi connectivity index (χ4v) is 2.65. The normalized spacial score (nSPS) is 22.9. The van der Waals surface area contributed by atoms with Gasteiger partial charge in [-0.15, -0.1) is 0 Å². The van der Waals surface area contributed by atoms with Crippen LogP contribution in [0.4, 0.5) is 0 Å². The first-order valence-corrected chi connectivity index (χ1v) is 7.36. The second-order valence-electron chi connectivity index (χ2n) is 5.23. The van der Waals surface area contributed by atoms with E-state index in [9.17, 15) is 14.4 Å². The monoisotopic (exact) mass is 295 g/mol. The maximum Gasteiger partial charge on any atom is 0.328 e. The van der Waals surface area contributed by atoms with Gasteiger partial charge in [-0.2, -0.15) is 5.10 Å². The highest BCUT2D eigenvalue weighted by molar-refractivity contribution is 6.39. The number of hydrogen-bond acceptors (Lipinski definition) is 5. The fraction of sp³-hybridized carbons (Fsp3) is 0.714. The van der Waals surface area contributed by atoms with E-state index >= 15 is 0 Å². The third-order valence-corrected chi connectivity index (χ3v) is 3.78. The van der Waals surface area contributed by atoms with Gasteiger partial charge in [-0.25, -0.2) is 9.80 Å². The Labute approximate surface area is 123 Å². The summed E-state index contributed by atoms with van der Waals surface area (Å²) in [7, 11) is 1.54. The summed E-state index contributed by atoms with van der Waals surface area (Å²) < 4.78 is 5.05. The second-order valence-corrected chi connectivity index (χ2v) is 5.23. The van der Waals surface area contributed by atoms with Crippen molar-refractivity contribution in [3.63, 3.8) is 0 Å². The molecule has 0 aromatic carbocycles. The van der Waals surface area contributed by atoms with Crippen molar-refractivity contribution in [3.05, 3.63) is 0 Å². The molecule has 1 saturated heterocycles. The lowest BCUT2D eigenvalue weighted by molar-refractivity contribution is -0.154.